The quantitative estimate of drug-likeness (QED) is 0.758. The van der Waals surface area contributed by atoms with Gasteiger partial charge in [0.05, 0.1) is 5.02 Å². The summed E-state index contributed by atoms with van der Waals surface area (Å²) in [5.41, 5.74) is 0. The molecule has 144 valence electrons. The largest absolute Gasteiger partial charge is 0.481 e. The first-order valence-corrected chi connectivity index (χ1v) is 10.3. The molecule has 0 aliphatic carbocycles. The van der Waals surface area contributed by atoms with Gasteiger partial charge in [0, 0.05) is 44.0 Å². The minimum atomic E-state index is -3.80. The fourth-order valence-corrected chi connectivity index (χ4v) is 4.95. The van der Waals surface area contributed by atoms with Crippen molar-refractivity contribution in [2.45, 2.75) is 24.7 Å². The van der Waals surface area contributed by atoms with Gasteiger partial charge in [-0.25, -0.2) is 8.42 Å². The van der Waals surface area contributed by atoms with Gasteiger partial charge in [-0.15, -0.1) is 0 Å². The number of amides is 1. The van der Waals surface area contributed by atoms with Gasteiger partial charge in [-0.05, 0) is 24.1 Å². The Balaban J connectivity index is 2.00. The lowest BCUT2D eigenvalue weighted by atomic mass is 10.0. The highest BCUT2D eigenvalue weighted by Crippen LogP contribution is 2.28. The third-order valence-electron chi connectivity index (χ3n) is 4.15. The van der Waals surface area contributed by atoms with E-state index in [1.165, 1.54) is 22.5 Å². The molecule has 10 heteroatoms. The van der Waals surface area contributed by atoms with E-state index in [-0.39, 0.29) is 65.8 Å². The third-order valence-corrected chi connectivity index (χ3v) is 6.76. The van der Waals surface area contributed by atoms with E-state index in [0.717, 1.165) is 0 Å². The number of piperazine rings is 1. The summed E-state index contributed by atoms with van der Waals surface area (Å²) in [6.07, 6.45) is 0.0481. The Morgan fingerprint density at radius 1 is 1.15 bits per heavy atom. The van der Waals surface area contributed by atoms with Crippen molar-refractivity contribution in [3.05, 3.63) is 28.2 Å². The average molecular weight is 423 g/mol. The second-order valence-electron chi connectivity index (χ2n) is 6.27. The van der Waals surface area contributed by atoms with E-state index in [1.807, 2.05) is 0 Å². The molecular weight excluding hydrogens is 403 g/mol. The topological polar surface area (TPSA) is 95.0 Å². The number of rotatable bonds is 6. The second-order valence-corrected chi connectivity index (χ2v) is 9.02. The molecular formula is C16H20Cl2N2O5S. The molecule has 1 amide bonds. The molecule has 1 heterocycles. The fraction of sp³-hybridized carbons (Fsp3) is 0.500. The van der Waals surface area contributed by atoms with Gasteiger partial charge >= 0.3 is 5.97 Å². The lowest BCUT2D eigenvalue weighted by Crippen LogP contribution is -2.50. The van der Waals surface area contributed by atoms with Crippen LogP contribution in [-0.2, 0) is 19.6 Å². The Hall–Kier alpha value is -1.35. The first-order valence-electron chi connectivity index (χ1n) is 8.06. The van der Waals surface area contributed by atoms with E-state index >= 15 is 0 Å². The number of carboxylic acids is 1. The van der Waals surface area contributed by atoms with Crippen molar-refractivity contribution in [3.8, 4) is 0 Å². The van der Waals surface area contributed by atoms with Crippen molar-refractivity contribution in [3.63, 3.8) is 0 Å². The Labute approximate surface area is 162 Å². The standard InChI is InChI=1S/C16H20Cl2N2O5S/c1-11(9-16(22)23)8-15(21)19-4-6-20(7-5-19)26(24,25)14-10-12(17)2-3-13(14)18/h2-3,10-11H,4-9H2,1H3,(H,22,23)/t11-/m1/s1. The molecule has 1 aromatic rings. The maximum absolute atomic E-state index is 12.7. The van der Waals surface area contributed by atoms with Gasteiger partial charge in [-0.1, -0.05) is 30.1 Å². The molecule has 7 nitrogen and oxygen atoms in total. The number of carbonyl (C=O) groups is 2. The van der Waals surface area contributed by atoms with Crippen molar-refractivity contribution in [1.29, 1.82) is 0 Å². The Morgan fingerprint density at radius 3 is 2.35 bits per heavy atom. The third kappa shape index (κ3) is 5.09. The van der Waals surface area contributed by atoms with E-state index in [1.54, 1.807) is 11.8 Å². The van der Waals surface area contributed by atoms with Gasteiger partial charge in [-0.3, -0.25) is 9.59 Å². The molecule has 0 radical (unpaired) electrons. The van der Waals surface area contributed by atoms with Gasteiger partial charge in [0.25, 0.3) is 0 Å². The molecule has 1 saturated heterocycles. The van der Waals surface area contributed by atoms with Crippen LogP contribution in [0.1, 0.15) is 19.8 Å². The maximum Gasteiger partial charge on any atom is 0.303 e. The lowest BCUT2D eigenvalue weighted by Gasteiger charge is -2.34. The molecule has 1 aliphatic rings. The summed E-state index contributed by atoms with van der Waals surface area (Å²) in [7, 11) is -3.80. The van der Waals surface area contributed by atoms with Crippen LogP contribution in [0.15, 0.2) is 23.1 Å². The normalized spacial score (nSPS) is 17.1. The van der Waals surface area contributed by atoms with Crippen molar-refractivity contribution in [1.82, 2.24) is 9.21 Å². The Morgan fingerprint density at radius 2 is 1.77 bits per heavy atom. The number of hydrogen-bond acceptors (Lipinski definition) is 4. The molecule has 0 spiro atoms. The molecule has 1 N–H and O–H groups in total. The molecule has 2 rings (SSSR count). The number of sulfonamides is 1. The number of nitrogens with zero attached hydrogens (tertiary/aromatic N) is 2. The molecule has 0 saturated carbocycles. The first-order chi connectivity index (χ1) is 12.1. The van der Waals surface area contributed by atoms with Crippen molar-refractivity contribution >= 4 is 45.1 Å². The van der Waals surface area contributed by atoms with E-state index < -0.39 is 16.0 Å². The van der Waals surface area contributed by atoms with E-state index in [0.29, 0.717) is 0 Å². The zero-order valence-corrected chi connectivity index (χ0v) is 16.5. The molecule has 1 fully saturated rings. The molecule has 0 unspecified atom stereocenters. The van der Waals surface area contributed by atoms with Crippen LogP contribution in [0.4, 0.5) is 0 Å². The predicted molar refractivity (Wildman–Crippen MR) is 97.8 cm³/mol. The van der Waals surface area contributed by atoms with Crippen LogP contribution >= 0.6 is 23.2 Å². The van der Waals surface area contributed by atoms with E-state index in [9.17, 15) is 18.0 Å². The number of benzene rings is 1. The summed E-state index contributed by atoms with van der Waals surface area (Å²) in [6, 6.07) is 4.25. The van der Waals surface area contributed by atoms with Gasteiger partial charge in [0.15, 0.2) is 0 Å². The number of halogens is 2. The molecule has 1 atom stereocenters. The Bertz CT molecular complexity index is 792. The summed E-state index contributed by atoms with van der Waals surface area (Å²) in [5.74, 6) is -1.39. The molecule has 1 aliphatic heterocycles. The van der Waals surface area contributed by atoms with Crippen LogP contribution < -0.4 is 0 Å². The molecule has 26 heavy (non-hydrogen) atoms. The smallest absolute Gasteiger partial charge is 0.303 e. The number of carboxylic acid groups (broad SMARTS) is 1. The van der Waals surface area contributed by atoms with Crippen molar-refractivity contribution in [2.24, 2.45) is 5.92 Å². The number of aliphatic carboxylic acids is 1. The highest BCUT2D eigenvalue weighted by atomic mass is 35.5. The molecule has 0 bridgehead atoms. The number of carbonyl (C=O) groups excluding carboxylic acids is 1. The van der Waals surface area contributed by atoms with Crippen LogP contribution in [0.2, 0.25) is 10.0 Å². The lowest BCUT2D eigenvalue weighted by molar-refractivity contribution is -0.138. The van der Waals surface area contributed by atoms with E-state index in [2.05, 4.69) is 0 Å². The number of hydrogen-bond donors (Lipinski definition) is 1. The highest BCUT2D eigenvalue weighted by Gasteiger charge is 2.32. The molecule has 0 aromatic heterocycles. The predicted octanol–water partition coefficient (Wildman–Crippen LogP) is 2.33. The average Bonchev–Trinajstić information content (AvgIpc) is 2.56. The van der Waals surface area contributed by atoms with E-state index in [4.69, 9.17) is 28.3 Å². The zero-order valence-electron chi connectivity index (χ0n) is 14.2. The van der Waals surface area contributed by atoms with Gasteiger partial charge in [0.2, 0.25) is 15.9 Å². The minimum Gasteiger partial charge on any atom is -0.481 e. The summed E-state index contributed by atoms with van der Waals surface area (Å²) in [6.45, 7) is 2.48. The Kier molecular flexibility index (Phi) is 6.90. The summed E-state index contributed by atoms with van der Waals surface area (Å²) >= 11 is 11.9. The maximum atomic E-state index is 12.7. The first kappa shape index (κ1) is 21.0. The second kappa shape index (κ2) is 8.56. The van der Waals surface area contributed by atoms with Gasteiger partial charge < -0.3 is 10.0 Å². The molecule has 1 aromatic carbocycles. The van der Waals surface area contributed by atoms with Crippen LogP contribution in [0, 0.1) is 5.92 Å². The SMILES string of the molecule is C[C@@H](CC(=O)O)CC(=O)N1CCN(S(=O)(=O)c2cc(Cl)ccc2Cl)CC1. The monoisotopic (exact) mass is 422 g/mol. The highest BCUT2D eigenvalue weighted by molar-refractivity contribution is 7.89. The summed E-state index contributed by atoms with van der Waals surface area (Å²) < 4.78 is 26.8. The van der Waals surface area contributed by atoms with Crippen molar-refractivity contribution in [2.75, 3.05) is 26.2 Å². The summed E-state index contributed by atoms with van der Waals surface area (Å²) in [4.78, 5) is 24.4. The van der Waals surface area contributed by atoms with Gasteiger partial charge in [-0.2, -0.15) is 4.31 Å². The van der Waals surface area contributed by atoms with Gasteiger partial charge in [0.1, 0.15) is 4.90 Å². The zero-order chi connectivity index (χ0) is 19.5. The van der Waals surface area contributed by atoms with Crippen molar-refractivity contribution < 1.29 is 23.1 Å². The van der Waals surface area contributed by atoms with Crippen LogP contribution in [0.3, 0.4) is 0 Å². The fourth-order valence-electron chi connectivity index (χ4n) is 2.79. The summed E-state index contributed by atoms with van der Waals surface area (Å²) in [5, 5.41) is 9.13. The van der Waals surface area contributed by atoms with Crippen LogP contribution in [0.5, 0.6) is 0 Å². The van der Waals surface area contributed by atoms with Crippen LogP contribution in [0.25, 0.3) is 0 Å². The minimum absolute atomic E-state index is 0.0541. The van der Waals surface area contributed by atoms with Crippen LogP contribution in [-0.4, -0.2) is 60.8 Å².